The summed E-state index contributed by atoms with van der Waals surface area (Å²) in [4.78, 5) is 22.0. The first-order valence-corrected chi connectivity index (χ1v) is 12.1. The van der Waals surface area contributed by atoms with E-state index in [-0.39, 0.29) is 5.91 Å². The van der Waals surface area contributed by atoms with Crippen molar-refractivity contribution in [2.75, 3.05) is 26.2 Å². The topological polar surface area (TPSA) is 84.8 Å². The summed E-state index contributed by atoms with van der Waals surface area (Å²) in [5, 5.41) is 6.92. The molecule has 0 spiro atoms. The van der Waals surface area contributed by atoms with Gasteiger partial charge in [-0.15, -0.1) is 11.3 Å². The number of ether oxygens (including phenoxy) is 1. The maximum absolute atomic E-state index is 13.1. The van der Waals surface area contributed by atoms with E-state index in [4.69, 9.17) is 13.7 Å². The van der Waals surface area contributed by atoms with Gasteiger partial charge in [-0.05, 0) is 44.2 Å². The van der Waals surface area contributed by atoms with E-state index in [0.29, 0.717) is 31.0 Å². The van der Waals surface area contributed by atoms with Gasteiger partial charge in [-0.1, -0.05) is 11.2 Å². The van der Waals surface area contributed by atoms with Crippen LogP contribution in [0.5, 0.6) is 5.75 Å². The molecule has 0 atom stereocenters. The molecule has 1 amide bonds. The molecule has 176 valence electrons. The molecule has 8 nitrogen and oxygen atoms in total. The fraction of sp³-hybridized carbons (Fsp3) is 0.320. The van der Waals surface area contributed by atoms with Crippen LogP contribution in [0.2, 0.25) is 0 Å². The molecule has 1 saturated heterocycles. The van der Waals surface area contributed by atoms with Crippen molar-refractivity contribution in [3.63, 3.8) is 0 Å². The monoisotopic (exact) mass is 478 g/mol. The first-order chi connectivity index (χ1) is 16.6. The van der Waals surface area contributed by atoms with E-state index >= 15 is 0 Å². The lowest BCUT2D eigenvalue weighted by Crippen LogP contribution is -2.48. The lowest BCUT2D eigenvalue weighted by molar-refractivity contribution is 0.0627. The van der Waals surface area contributed by atoms with Crippen LogP contribution in [0.4, 0.5) is 0 Å². The number of amides is 1. The molecule has 1 aliphatic heterocycles. The third kappa shape index (κ3) is 4.90. The highest BCUT2D eigenvalue weighted by molar-refractivity contribution is 7.13. The van der Waals surface area contributed by atoms with Crippen LogP contribution in [0, 0.1) is 13.8 Å². The predicted molar refractivity (Wildman–Crippen MR) is 128 cm³/mol. The van der Waals surface area contributed by atoms with Gasteiger partial charge >= 0.3 is 0 Å². The minimum Gasteiger partial charge on any atom is -0.489 e. The van der Waals surface area contributed by atoms with E-state index in [1.807, 2.05) is 49.1 Å². The summed E-state index contributed by atoms with van der Waals surface area (Å²) in [5.41, 5.74) is 3.41. The average Bonchev–Trinajstić information content (AvgIpc) is 3.61. The number of furan rings is 1. The number of hydrogen-bond donors (Lipinski definition) is 0. The molecule has 4 aromatic rings. The SMILES string of the molecule is Cc1noc(C)c1COc1cccc(C(=O)N2CCN(Cc3csc(-c4ccco4)n3)CC2)c1. The number of aryl methyl sites for hydroxylation is 2. The molecule has 1 aromatic carbocycles. The van der Waals surface area contributed by atoms with Crippen molar-refractivity contribution in [2.24, 2.45) is 0 Å². The maximum Gasteiger partial charge on any atom is 0.254 e. The quantitative estimate of drug-likeness (QED) is 0.385. The molecular weight excluding hydrogens is 452 g/mol. The molecule has 3 aromatic heterocycles. The van der Waals surface area contributed by atoms with Crippen molar-refractivity contribution < 1.29 is 18.5 Å². The van der Waals surface area contributed by atoms with E-state index in [0.717, 1.165) is 53.1 Å². The van der Waals surface area contributed by atoms with Crippen molar-refractivity contribution in [3.05, 3.63) is 76.3 Å². The Morgan fingerprint density at radius 1 is 1.15 bits per heavy atom. The Kier molecular flexibility index (Phi) is 6.46. The highest BCUT2D eigenvalue weighted by atomic mass is 32.1. The Balaban J connectivity index is 1.15. The Morgan fingerprint density at radius 2 is 2.00 bits per heavy atom. The number of carbonyl (C=O) groups excluding carboxylic acids is 1. The highest BCUT2D eigenvalue weighted by Gasteiger charge is 2.23. The maximum atomic E-state index is 13.1. The van der Waals surface area contributed by atoms with E-state index in [2.05, 4.69) is 20.4 Å². The first kappa shape index (κ1) is 22.4. The van der Waals surface area contributed by atoms with Crippen molar-refractivity contribution in [2.45, 2.75) is 27.0 Å². The van der Waals surface area contributed by atoms with Gasteiger partial charge in [-0.25, -0.2) is 4.98 Å². The molecule has 0 N–H and O–H groups in total. The van der Waals surface area contributed by atoms with Gasteiger partial charge in [0.1, 0.15) is 18.1 Å². The van der Waals surface area contributed by atoms with Crippen LogP contribution >= 0.6 is 11.3 Å². The van der Waals surface area contributed by atoms with Crippen molar-refractivity contribution in [1.82, 2.24) is 19.9 Å². The largest absolute Gasteiger partial charge is 0.489 e. The minimum absolute atomic E-state index is 0.0243. The second-order valence-electron chi connectivity index (χ2n) is 8.31. The predicted octanol–water partition coefficient (Wildman–Crippen LogP) is 4.54. The Labute approximate surface area is 201 Å². The number of benzene rings is 1. The molecular formula is C25H26N4O4S. The van der Waals surface area contributed by atoms with Gasteiger partial charge in [-0.3, -0.25) is 9.69 Å². The van der Waals surface area contributed by atoms with Crippen LogP contribution in [0.15, 0.2) is 57.0 Å². The van der Waals surface area contributed by atoms with Crippen LogP contribution < -0.4 is 4.74 Å². The smallest absolute Gasteiger partial charge is 0.254 e. The third-order valence-corrected chi connectivity index (χ3v) is 6.88. The standard InChI is InChI=1S/C25H26N4O4S/c1-17-22(18(2)33-27-17)15-32-21-6-3-5-19(13-21)25(30)29-10-8-28(9-11-29)14-20-16-34-24(26-20)23-7-4-12-31-23/h3-7,12-13,16H,8-11,14-15H2,1-2H3. The first-order valence-electron chi connectivity index (χ1n) is 11.2. The minimum atomic E-state index is 0.0243. The number of thiazole rings is 1. The molecule has 1 aliphatic rings. The van der Waals surface area contributed by atoms with Gasteiger partial charge in [0.2, 0.25) is 0 Å². The summed E-state index contributed by atoms with van der Waals surface area (Å²) in [7, 11) is 0. The zero-order chi connectivity index (χ0) is 23.5. The molecule has 5 rings (SSSR count). The zero-order valence-corrected chi connectivity index (χ0v) is 20.0. The molecule has 0 aliphatic carbocycles. The fourth-order valence-corrected chi connectivity index (χ4v) is 4.77. The second kappa shape index (κ2) is 9.82. The summed E-state index contributed by atoms with van der Waals surface area (Å²) in [6.45, 7) is 7.85. The lowest BCUT2D eigenvalue weighted by atomic mass is 10.1. The summed E-state index contributed by atoms with van der Waals surface area (Å²) in [6.07, 6.45) is 1.66. The number of hydrogen-bond acceptors (Lipinski definition) is 8. The Hall–Kier alpha value is -3.43. The lowest BCUT2D eigenvalue weighted by Gasteiger charge is -2.34. The second-order valence-corrected chi connectivity index (χ2v) is 9.17. The highest BCUT2D eigenvalue weighted by Crippen LogP contribution is 2.25. The fourth-order valence-electron chi connectivity index (χ4n) is 4.00. The van der Waals surface area contributed by atoms with Gasteiger partial charge in [0, 0.05) is 43.7 Å². The number of piperazine rings is 1. The van der Waals surface area contributed by atoms with E-state index in [9.17, 15) is 4.79 Å². The molecule has 0 unspecified atom stereocenters. The van der Waals surface area contributed by atoms with Gasteiger partial charge in [0.15, 0.2) is 10.8 Å². The molecule has 34 heavy (non-hydrogen) atoms. The summed E-state index contributed by atoms with van der Waals surface area (Å²) >= 11 is 1.59. The van der Waals surface area contributed by atoms with Crippen LogP contribution in [-0.2, 0) is 13.2 Å². The van der Waals surface area contributed by atoms with Crippen LogP contribution in [0.25, 0.3) is 10.8 Å². The number of nitrogens with zero attached hydrogens (tertiary/aromatic N) is 4. The van der Waals surface area contributed by atoms with E-state index < -0.39 is 0 Å². The zero-order valence-electron chi connectivity index (χ0n) is 19.2. The van der Waals surface area contributed by atoms with Gasteiger partial charge in [0.05, 0.1) is 23.2 Å². The van der Waals surface area contributed by atoms with E-state index in [1.54, 1.807) is 23.7 Å². The number of rotatable bonds is 7. The molecule has 9 heteroatoms. The number of carbonyl (C=O) groups is 1. The van der Waals surface area contributed by atoms with Gasteiger partial charge in [-0.2, -0.15) is 0 Å². The van der Waals surface area contributed by atoms with Crippen molar-refractivity contribution >= 4 is 17.2 Å². The van der Waals surface area contributed by atoms with E-state index in [1.165, 1.54) is 0 Å². The number of aromatic nitrogens is 2. The molecule has 0 saturated carbocycles. The van der Waals surface area contributed by atoms with Gasteiger partial charge < -0.3 is 18.6 Å². The molecule has 0 radical (unpaired) electrons. The van der Waals surface area contributed by atoms with Crippen molar-refractivity contribution in [3.8, 4) is 16.5 Å². The third-order valence-electron chi connectivity index (χ3n) is 5.97. The Bertz CT molecular complexity index is 1240. The Morgan fingerprint density at radius 3 is 2.74 bits per heavy atom. The average molecular weight is 479 g/mol. The van der Waals surface area contributed by atoms with Crippen molar-refractivity contribution in [1.29, 1.82) is 0 Å². The van der Waals surface area contributed by atoms with Gasteiger partial charge in [0.25, 0.3) is 5.91 Å². The summed E-state index contributed by atoms with van der Waals surface area (Å²) in [5.74, 6) is 2.22. The summed E-state index contributed by atoms with van der Waals surface area (Å²) < 4.78 is 16.5. The molecule has 0 bridgehead atoms. The normalized spacial score (nSPS) is 14.5. The van der Waals surface area contributed by atoms with Crippen LogP contribution in [-0.4, -0.2) is 52.0 Å². The summed E-state index contributed by atoms with van der Waals surface area (Å²) in [6, 6.07) is 11.1. The molecule has 1 fully saturated rings. The molecule has 4 heterocycles. The van der Waals surface area contributed by atoms with Crippen LogP contribution in [0.1, 0.15) is 33.1 Å². The van der Waals surface area contributed by atoms with Crippen LogP contribution in [0.3, 0.4) is 0 Å².